The molecule has 0 radical (unpaired) electrons. The number of ether oxygens (including phenoxy) is 1. The normalized spacial score (nSPS) is 19.9. The molecule has 174 valence electrons. The van der Waals surface area contributed by atoms with Crippen LogP contribution in [0.25, 0.3) is 0 Å². The monoisotopic (exact) mass is 648 g/mol. The molecule has 0 spiro atoms. The van der Waals surface area contributed by atoms with Crippen LogP contribution in [0, 0.1) is 20.8 Å². The summed E-state index contributed by atoms with van der Waals surface area (Å²) >= 11 is 0. The second-order valence-corrected chi connectivity index (χ2v) is 64.9. The number of urea groups is 1. The molecule has 1 aromatic carbocycles. The molecule has 0 N–H and O–H groups in total. The molecule has 2 rings (SSSR count). The average molecular weight is 652 g/mol. The van der Waals surface area contributed by atoms with Crippen molar-refractivity contribution in [1.29, 1.82) is 0 Å². The van der Waals surface area contributed by atoms with E-state index in [1.165, 1.54) is 5.56 Å². The molecule has 0 bridgehead atoms. The summed E-state index contributed by atoms with van der Waals surface area (Å²) in [5.41, 5.74) is 4.65. The number of hydrogen-bond acceptors (Lipinski definition) is 2. The Morgan fingerprint density at radius 2 is 1.33 bits per heavy atom. The van der Waals surface area contributed by atoms with E-state index in [0.717, 1.165) is 16.7 Å². The maximum atomic E-state index is 13.0. The quantitative estimate of drug-likeness (QED) is 0.245. The summed E-state index contributed by atoms with van der Waals surface area (Å²) in [5.74, 6) is 0.672. The minimum absolute atomic E-state index is 0.0168. The molecular weight excluding hydrogens is 623 g/mol. The summed E-state index contributed by atoms with van der Waals surface area (Å²) in [6.07, 6.45) is -0.363. The zero-order valence-electron chi connectivity index (χ0n) is 18.3. The standard InChI is InChI=1S/C19H29N2O2.6ClH.Sb/c1-11(2)20-16(8)23-18(21(12(3)4)19(20)22)17-14(6)9-13(5)10-15(17)7;;;;;;;/h9-12,18H,1-8H3;6*1H;/q+1;;;;;;;+5/p-6. The summed E-state index contributed by atoms with van der Waals surface area (Å²) in [6.45, 7) is 16.2. The van der Waals surface area contributed by atoms with E-state index in [0.29, 0.717) is 5.90 Å². The van der Waals surface area contributed by atoms with Crippen LogP contribution in [0.1, 0.15) is 63.1 Å². The van der Waals surface area contributed by atoms with Crippen molar-refractivity contribution in [1.82, 2.24) is 4.90 Å². The summed E-state index contributed by atoms with van der Waals surface area (Å²) in [6, 6.07) is 4.45. The van der Waals surface area contributed by atoms with Crippen molar-refractivity contribution < 1.29 is 14.1 Å². The Morgan fingerprint density at radius 1 is 0.933 bits per heavy atom. The first kappa shape index (κ1) is 28.8. The topological polar surface area (TPSA) is 32.5 Å². The molecule has 0 aliphatic carbocycles. The number of rotatable bonds is 3. The number of carbonyl (C=O) groups is 1. The molecule has 1 atom stereocenters. The van der Waals surface area contributed by atoms with Gasteiger partial charge in [0.15, 0.2) is 0 Å². The van der Waals surface area contributed by atoms with Crippen molar-refractivity contribution >= 4 is 74.0 Å². The van der Waals surface area contributed by atoms with Crippen LogP contribution in [0.4, 0.5) is 4.79 Å². The molecule has 30 heavy (non-hydrogen) atoms. The second kappa shape index (κ2) is 9.16. The molecule has 1 aliphatic rings. The van der Waals surface area contributed by atoms with Gasteiger partial charge in [-0.25, -0.2) is 0 Å². The SMILES string of the molecule is CC1=[N+](C(C)C)C(=O)N(C(C)C)C(c2c(C)cc(C)cc2C)O1.[Cl][Sb-]([Cl])([Cl])([Cl])([Cl])[Cl]. The van der Waals surface area contributed by atoms with Crippen LogP contribution in [0.5, 0.6) is 0 Å². The molecular formula is C19H29Cl6N2O2Sb. The van der Waals surface area contributed by atoms with Gasteiger partial charge in [0.05, 0.1) is 6.04 Å². The molecule has 0 fully saturated rings. The average Bonchev–Trinajstić information content (AvgIpc) is 2.40. The Balaban J connectivity index is 0.000000553. The number of carbonyl (C=O) groups excluding carboxylic acids is 1. The van der Waals surface area contributed by atoms with Crippen LogP contribution in [0.2, 0.25) is 0 Å². The van der Waals surface area contributed by atoms with Crippen LogP contribution in [-0.4, -0.2) is 42.6 Å². The molecule has 1 unspecified atom stereocenters. The predicted molar refractivity (Wildman–Crippen MR) is 134 cm³/mol. The summed E-state index contributed by atoms with van der Waals surface area (Å²) < 4.78 is 7.97. The van der Waals surface area contributed by atoms with Crippen molar-refractivity contribution in [3.63, 3.8) is 0 Å². The van der Waals surface area contributed by atoms with Gasteiger partial charge >= 0.3 is 68.1 Å². The van der Waals surface area contributed by atoms with E-state index in [-0.39, 0.29) is 24.3 Å². The Morgan fingerprint density at radius 3 is 1.67 bits per heavy atom. The van der Waals surface area contributed by atoms with E-state index in [1.54, 1.807) is 4.58 Å². The van der Waals surface area contributed by atoms with Gasteiger partial charge < -0.3 is 4.74 Å². The molecule has 2 amide bonds. The van der Waals surface area contributed by atoms with Crippen molar-refractivity contribution in [2.45, 2.75) is 73.7 Å². The van der Waals surface area contributed by atoms with Gasteiger partial charge in [-0.3, -0.25) is 0 Å². The fourth-order valence-electron chi connectivity index (χ4n) is 3.49. The summed E-state index contributed by atoms with van der Waals surface area (Å²) in [4.78, 5) is 14.9. The van der Waals surface area contributed by atoms with Gasteiger partial charge in [0.1, 0.15) is 6.04 Å². The molecule has 0 saturated heterocycles. The van der Waals surface area contributed by atoms with Crippen molar-refractivity contribution in [3.05, 3.63) is 34.4 Å². The summed E-state index contributed by atoms with van der Waals surface area (Å²) in [7, 11) is 25.0. The zero-order valence-corrected chi connectivity index (χ0v) is 25.4. The zero-order chi connectivity index (χ0) is 23.9. The van der Waals surface area contributed by atoms with Gasteiger partial charge in [-0.2, -0.15) is 14.3 Å². The predicted octanol–water partition coefficient (Wildman–Crippen LogP) is 8.07. The second-order valence-electron chi connectivity index (χ2n) is 8.01. The number of aryl methyl sites for hydroxylation is 3. The third-order valence-corrected chi connectivity index (χ3v) is 4.36. The third-order valence-electron chi connectivity index (χ3n) is 4.36. The van der Waals surface area contributed by atoms with Gasteiger partial charge in [0.25, 0.3) is 12.1 Å². The van der Waals surface area contributed by atoms with Crippen molar-refractivity contribution in [2.24, 2.45) is 0 Å². The van der Waals surface area contributed by atoms with Crippen LogP contribution >= 0.6 is 53.0 Å². The van der Waals surface area contributed by atoms with Gasteiger partial charge in [-0.05, 0) is 59.6 Å². The molecule has 11 heteroatoms. The molecule has 4 nitrogen and oxygen atoms in total. The van der Waals surface area contributed by atoms with Gasteiger partial charge in [0.2, 0.25) is 0 Å². The Labute approximate surface area is 199 Å². The third kappa shape index (κ3) is 9.30. The van der Waals surface area contributed by atoms with E-state index in [4.69, 9.17) is 57.7 Å². The van der Waals surface area contributed by atoms with E-state index in [9.17, 15) is 4.79 Å². The van der Waals surface area contributed by atoms with Crippen LogP contribution < -0.4 is 0 Å². The molecule has 1 aromatic rings. The maximum absolute atomic E-state index is 13.0. The fraction of sp³-hybridized carbons (Fsp3) is 0.579. The van der Waals surface area contributed by atoms with Crippen molar-refractivity contribution in [2.75, 3.05) is 0 Å². The fourth-order valence-corrected chi connectivity index (χ4v) is 3.49. The number of benzene rings is 1. The molecule has 0 aromatic heterocycles. The first-order valence-corrected chi connectivity index (χ1v) is 28.8. The van der Waals surface area contributed by atoms with E-state index in [2.05, 4.69) is 32.9 Å². The Bertz CT molecular complexity index is 829. The van der Waals surface area contributed by atoms with Crippen LogP contribution in [0.3, 0.4) is 0 Å². The molecule has 1 heterocycles. The minimum atomic E-state index is -5.42. The Hall–Kier alpha value is 0.718. The number of hydrogen-bond donors (Lipinski definition) is 0. The van der Waals surface area contributed by atoms with E-state index in [1.807, 2.05) is 39.5 Å². The van der Waals surface area contributed by atoms with E-state index >= 15 is 0 Å². The molecule has 1 aliphatic heterocycles. The number of amides is 2. The van der Waals surface area contributed by atoms with Crippen LogP contribution in [0.15, 0.2) is 12.1 Å². The van der Waals surface area contributed by atoms with Gasteiger partial charge in [0, 0.05) is 12.5 Å². The molecule has 0 saturated carbocycles. The van der Waals surface area contributed by atoms with Gasteiger partial charge in [-0.15, -0.1) is 0 Å². The van der Waals surface area contributed by atoms with Crippen molar-refractivity contribution in [3.8, 4) is 0 Å². The summed E-state index contributed by atoms with van der Waals surface area (Å²) in [5, 5.41) is 0. The number of halogens is 6. The number of nitrogens with zero attached hydrogens (tertiary/aromatic N) is 2. The van der Waals surface area contributed by atoms with Crippen LogP contribution in [-0.2, 0) is 4.74 Å². The van der Waals surface area contributed by atoms with Gasteiger partial charge in [-0.1, -0.05) is 17.7 Å². The first-order valence-electron chi connectivity index (χ1n) is 9.36. The Kier molecular flexibility index (Phi) is 8.78. The first-order chi connectivity index (χ1) is 13.1. The van der Waals surface area contributed by atoms with E-state index < -0.39 is 9.14 Å².